The first-order valence-corrected chi connectivity index (χ1v) is 7.31. The molecule has 0 saturated carbocycles. The van der Waals surface area contributed by atoms with Gasteiger partial charge in [-0.15, -0.1) is 4.91 Å². The number of halogens is 1. The second-order valence-electron chi connectivity index (χ2n) is 5.41. The van der Waals surface area contributed by atoms with Crippen LogP contribution in [0, 0.1) is 11.8 Å². The minimum atomic E-state index is -0.852. The Balaban J connectivity index is 2.76. The SMILES string of the molecule is Cc1cccc(-c2ccc(Br)cc2C(C)(C)N=O)c1ON. The molecule has 0 saturated heterocycles. The van der Waals surface area contributed by atoms with Crippen LogP contribution in [0.2, 0.25) is 0 Å². The number of nitroso groups, excluding NO2 is 1. The van der Waals surface area contributed by atoms with Crippen molar-refractivity contribution in [3.63, 3.8) is 0 Å². The molecule has 0 aliphatic rings. The predicted molar refractivity (Wildman–Crippen MR) is 88.0 cm³/mol. The second-order valence-corrected chi connectivity index (χ2v) is 6.33. The van der Waals surface area contributed by atoms with Crippen molar-refractivity contribution in [3.05, 3.63) is 56.9 Å². The lowest BCUT2D eigenvalue weighted by Crippen LogP contribution is -2.15. The van der Waals surface area contributed by atoms with Crippen molar-refractivity contribution in [1.82, 2.24) is 0 Å². The molecule has 0 bridgehead atoms. The lowest BCUT2D eigenvalue weighted by atomic mass is 9.87. The zero-order valence-electron chi connectivity index (χ0n) is 12.2. The topological polar surface area (TPSA) is 64.7 Å². The monoisotopic (exact) mass is 348 g/mol. The molecule has 0 heterocycles. The molecule has 4 nitrogen and oxygen atoms in total. The summed E-state index contributed by atoms with van der Waals surface area (Å²) in [6, 6.07) is 11.5. The molecule has 21 heavy (non-hydrogen) atoms. The molecule has 0 fully saturated rings. The van der Waals surface area contributed by atoms with Gasteiger partial charge >= 0.3 is 0 Å². The Bertz CT molecular complexity index is 684. The average Bonchev–Trinajstić information content (AvgIpc) is 2.47. The van der Waals surface area contributed by atoms with E-state index in [1.54, 1.807) is 13.8 Å². The number of benzene rings is 2. The van der Waals surface area contributed by atoms with Crippen LogP contribution < -0.4 is 10.7 Å². The zero-order valence-corrected chi connectivity index (χ0v) is 13.8. The molecule has 0 aliphatic carbocycles. The summed E-state index contributed by atoms with van der Waals surface area (Å²) in [6.07, 6.45) is 0. The molecule has 0 spiro atoms. The zero-order chi connectivity index (χ0) is 15.6. The van der Waals surface area contributed by atoms with Crippen molar-refractivity contribution < 1.29 is 4.84 Å². The van der Waals surface area contributed by atoms with E-state index >= 15 is 0 Å². The van der Waals surface area contributed by atoms with E-state index in [0.717, 1.165) is 26.7 Å². The van der Waals surface area contributed by atoms with Crippen LogP contribution in [0.1, 0.15) is 25.0 Å². The minimum Gasteiger partial charge on any atom is -0.411 e. The molecular weight excluding hydrogens is 332 g/mol. The molecule has 0 aliphatic heterocycles. The Morgan fingerprint density at radius 3 is 2.52 bits per heavy atom. The molecule has 2 aromatic rings. The van der Waals surface area contributed by atoms with E-state index in [2.05, 4.69) is 21.1 Å². The van der Waals surface area contributed by atoms with Gasteiger partial charge in [0.2, 0.25) is 0 Å². The van der Waals surface area contributed by atoms with Crippen molar-refractivity contribution in [1.29, 1.82) is 0 Å². The number of nitrogens with zero attached hydrogens (tertiary/aromatic N) is 1. The van der Waals surface area contributed by atoms with Crippen LogP contribution in [0.3, 0.4) is 0 Å². The Kier molecular flexibility index (Phi) is 4.44. The van der Waals surface area contributed by atoms with E-state index in [1.807, 2.05) is 43.3 Å². The van der Waals surface area contributed by atoms with Crippen molar-refractivity contribution >= 4 is 15.9 Å². The summed E-state index contributed by atoms with van der Waals surface area (Å²) in [5.74, 6) is 6.02. The van der Waals surface area contributed by atoms with Crippen LogP contribution in [0.5, 0.6) is 5.75 Å². The molecule has 0 atom stereocenters. The van der Waals surface area contributed by atoms with Gasteiger partial charge in [0, 0.05) is 10.0 Å². The highest BCUT2D eigenvalue weighted by Crippen LogP contribution is 2.40. The quantitative estimate of drug-likeness (QED) is 0.644. The fourth-order valence-electron chi connectivity index (χ4n) is 2.33. The lowest BCUT2D eigenvalue weighted by molar-refractivity contribution is 0.333. The van der Waals surface area contributed by atoms with Crippen molar-refractivity contribution in [2.45, 2.75) is 26.3 Å². The maximum Gasteiger partial charge on any atom is 0.157 e. The van der Waals surface area contributed by atoms with Gasteiger partial charge in [-0.2, -0.15) is 5.90 Å². The number of para-hydroxylation sites is 1. The predicted octanol–water partition coefficient (Wildman–Crippen LogP) is 4.68. The van der Waals surface area contributed by atoms with Gasteiger partial charge in [0.15, 0.2) is 5.75 Å². The third-order valence-electron chi connectivity index (χ3n) is 3.49. The van der Waals surface area contributed by atoms with E-state index in [1.165, 1.54) is 0 Å². The number of hydrogen-bond acceptors (Lipinski definition) is 4. The first-order valence-electron chi connectivity index (χ1n) is 6.52. The molecule has 0 radical (unpaired) electrons. The molecule has 110 valence electrons. The average molecular weight is 349 g/mol. The summed E-state index contributed by atoms with van der Waals surface area (Å²) in [5.41, 5.74) is 2.62. The number of aryl methyl sites for hydroxylation is 1. The molecular formula is C16H17BrN2O2. The summed E-state index contributed by atoms with van der Waals surface area (Å²) in [7, 11) is 0. The largest absolute Gasteiger partial charge is 0.411 e. The fourth-order valence-corrected chi connectivity index (χ4v) is 2.69. The Labute approximate surface area is 132 Å². The standard InChI is InChI=1S/C16H17BrN2O2/c1-10-5-4-6-13(15(10)21-18)12-8-7-11(17)9-14(12)16(2,3)19-20/h4-9H,18H2,1-3H3. The number of hydrogen-bond donors (Lipinski definition) is 1. The Morgan fingerprint density at radius 1 is 1.19 bits per heavy atom. The highest BCUT2D eigenvalue weighted by Gasteiger charge is 2.26. The van der Waals surface area contributed by atoms with Gasteiger partial charge in [0.05, 0.1) is 0 Å². The van der Waals surface area contributed by atoms with Crippen LogP contribution in [0.15, 0.2) is 46.0 Å². The fraction of sp³-hybridized carbons (Fsp3) is 0.250. The summed E-state index contributed by atoms with van der Waals surface area (Å²) in [6.45, 7) is 5.49. The molecule has 2 rings (SSSR count). The summed E-state index contributed by atoms with van der Waals surface area (Å²) in [5, 5.41) is 3.25. The van der Waals surface area contributed by atoms with E-state index in [9.17, 15) is 4.91 Å². The van der Waals surface area contributed by atoms with Crippen LogP contribution >= 0.6 is 15.9 Å². The molecule has 2 N–H and O–H groups in total. The second kappa shape index (κ2) is 5.95. The van der Waals surface area contributed by atoms with Gasteiger partial charge in [-0.05, 0) is 49.6 Å². The van der Waals surface area contributed by atoms with Gasteiger partial charge in [0.25, 0.3) is 0 Å². The Morgan fingerprint density at radius 2 is 1.90 bits per heavy atom. The third kappa shape index (κ3) is 2.99. The maximum absolute atomic E-state index is 11.2. The summed E-state index contributed by atoms with van der Waals surface area (Å²) in [4.78, 5) is 16.3. The number of rotatable bonds is 4. The normalized spacial score (nSPS) is 11.3. The van der Waals surface area contributed by atoms with E-state index in [-0.39, 0.29) is 0 Å². The highest BCUT2D eigenvalue weighted by atomic mass is 79.9. The molecule has 0 aromatic heterocycles. The highest BCUT2D eigenvalue weighted by molar-refractivity contribution is 9.10. The van der Waals surface area contributed by atoms with Crippen molar-refractivity contribution in [2.75, 3.05) is 0 Å². The molecule has 5 heteroatoms. The smallest absolute Gasteiger partial charge is 0.157 e. The first kappa shape index (κ1) is 15.7. The van der Waals surface area contributed by atoms with Gasteiger partial charge in [-0.3, -0.25) is 0 Å². The maximum atomic E-state index is 11.2. The van der Waals surface area contributed by atoms with Crippen LogP contribution in [0.25, 0.3) is 11.1 Å². The van der Waals surface area contributed by atoms with Gasteiger partial charge < -0.3 is 4.84 Å². The Hall–Kier alpha value is -1.72. The first-order chi connectivity index (χ1) is 9.90. The van der Waals surface area contributed by atoms with Crippen molar-refractivity contribution in [3.8, 4) is 16.9 Å². The summed E-state index contributed by atoms with van der Waals surface area (Å²) >= 11 is 3.44. The lowest BCUT2D eigenvalue weighted by Gasteiger charge is -2.22. The van der Waals surface area contributed by atoms with E-state index < -0.39 is 5.54 Å². The molecule has 0 unspecified atom stereocenters. The molecule has 0 amide bonds. The van der Waals surface area contributed by atoms with Crippen molar-refractivity contribution in [2.24, 2.45) is 11.1 Å². The van der Waals surface area contributed by atoms with Crippen LogP contribution in [0.4, 0.5) is 0 Å². The third-order valence-corrected chi connectivity index (χ3v) is 3.98. The van der Waals surface area contributed by atoms with E-state index in [4.69, 9.17) is 10.7 Å². The van der Waals surface area contributed by atoms with Gasteiger partial charge in [-0.1, -0.05) is 45.4 Å². The van der Waals surface area contributed by atoms with Gasteiger partial charge in [0.1, 0.15) is 5.54 Å². The van der Waals surface area contributed by atoms with Crippen LogP contribution in [-0.4, -0.2) is 0 Å². The van der Waals surface area contributed by atoms with Gasteiger partial charge in [-0.25, -0.2) is 0 Å². The minimum absolute atomic E-state index is 0.600. The van der Waals surface area contributed by atoms with Crippen LogP contribution in [-0.2, 0) is 5.54 Å². The molecule has 2 aromatic carbocycles. The summed E-state index contributed by atoms with van der Waals surface area (Å²) < 4.78 is 0.890. The van der Waals surface area contributed by atoms with E-state index in [0.29, 0.717) is 5.75 Å². The number of nitrogens with two attached hydrogens (primary N) is 1.